The number of carboxylic acids is 1. The Morgan fingerprint density at radius 2 is 1.97 bits per heavy atom. The van der Waals surface area contributed by atoms with Crippen LogP contribution in [0.5, 0.6) is 11.5 Å². The third kappa shape index (κ3) is 2.96. The topological polar surface area (TPSA) is 93.0 Å². The minimum absolute atomic E-state index is 0.165. The Morgan fingerprint density at radius 3 is 2.73 bits per heavy atom. The molecule has 0 unspecified atom stereocenters. The molecule has 30 heavy (non-hydrogen) atoms. The number of benzene rings is 2. The molecule has 5 rings (SSSR count). The highest BCUT2D eigenvalue weighted by Gasteiger charge is 2.19. The molecule has 148 valence electrons. The van der Waals surface area contributed by atoms with Crippen molar-refractivity contribution in [1.29, 1.82) is 0 Å². The molecule has 3 heterocycles. The fraction of sp³-hybridized carbons (Fsp3) is 0.0455. The van der Waals surface area contributed by atoms with E-state index in [1.807, 2.05) is 25.2 Å². The van der Waals surface area contributed by atoms with Crippen molar-refractivity contribution >= 4 is 39.5 Å². The second kappa shape index (κ2) is 6.89. The Hall–Kier alpha value is -3.84. The molecule has 0 fully saturated rings. The number of nitrogens with zero attached hydrogens (tertiary/aromatic N) is 3. The maximum absolute atomic E-state index is 11.5. The summed E-state index contributed by atoms with van der Waals surface area (Å²) in [6, 6.07) is 16.1. The first kappa shape index (κ1) is 18.2. The Kier molecular flexibility index (Phi) is 4.18. The third-order valence-corrected chi connectivity index (χ3v) is 5.13. The zero-order valence-corrected chi connectivity index (χ0v) is 16.5. The van der Waals surface area contributed by atoms with Gasteiger partial charge in [0, 0.05) is 23.7 Å². The lowest BCUT2D eigenvalue weighted by molar-refractivity contribution is 0.0698. The maximum atomic E-state index is 11.5. The lowest BCUT2D eigenvalue weighted by atomic mass is 10.1. The summed E-state index contributed by atoms with van der Waals surface area (Å²) in [6.45, 7) is 0. The van der Waals surface area contributed by atoms with Crippen molar-refractivity contribution in [1.82, 2.24) is 19.7 Å². The Morgan fingerprint density at radius 1 is 1.17 bits per heavy atom. The summed E-state index contributed by atoms with van der Waals surface area (Å²) in [4.78, 5) is 19.0. The van der Waals surface area contributed by atoms with Crippen LogP contribution in [0.25, 0.3) is 33.3 Å². The summed E-state index contributed by atoms with van der Waals surface area (Å²) in [5.41, 5.74) is 3.37. The summed E-state index contributed by atoms with van der Waals surface area (Å²) in [5.74, 6) is 0.299. The summed E-state index contributed by atoms with van der Waals surface area (Å²) in [7, 11) is 1.84. The van der Waals surface area contributed by atoms with E-state index in [1.165, 1.54) is 12.3 Å². The molecule has 0 spiro atoms. The number of hydrogen-bond acceptors (Lipinski definition) is 4. The molecule has 3 aromatic heterocycles. The molecule has 0 atom stereocenters. The minimum atomic E-state index is -1.01. The number of aromatic amines is 1. The maximum Gasteiger partial charge on any atom is 0.337 e. The van der Waals surface area contributed by atoms with Crippen molar-refractivity contribution in [2.24, 2.45) is 7.05 Å². The molecular formula is C22H15ClN4O3. The SMILES string of the molecule is Cn1nc(-c2cc3nccc(C(=O)O)c3[nH]2)c2cccc(Oc3ccc(Cl)cc3)c21. The van der Waals surface area contributed by atoms with E-state index < -0.39 is 5.97 Å². The van der Waals surface area contributed by atoms with Gasteiger partial charge in [0.25, 0.3) is 0 Å². The van der Waals surface area contributed by atoms with Gasteiger partial charge >= 0.3 is 5.97 Å². The van der Waals surface area contributed by atoms with Crippen LogP contribution in [-0.2, 0) is 7.05 Å². The van der Waals surface area contributed by atoms with Gasteiger partial charge in [0.2, 0.25) is 0 Å². The molecule has 0 saturated heterocycles. The first-order valence-electron chi connectivity index (χ1n) is 9.12. The lowest BCUT2D eigenvalue weighted by Crippen LogP contribution is -1.97. The summed E-state index contributed by atoms with van der Waals surface area (Å²) >= 11 is 5.96. The summed E-state index contributed by atoms with van der Waals surface area (Å²) in [5, 5.41) is 15.6. The van der Waals surface area contributed by atoms with Crippen LogP contribution in [-0.4, -0.2) is 30.8 Å². The van der Waals surface area contributed by atoms with Crippen molar-refractivity contribution in [2.45, 2.75) is 0 Å². The summed E-state index contributed by atoms with van der Waals surface area (Å²) < 4.78 is 7.81. The van der Waals surface area contributed by atoms with Crippen LogP contribution in [0.4, 0.5) is 0 Å². The molecule has 0 aliphatic carbocycles. The Bertz CT molecular complexity index is 1420. The van der Waals surface area contributed by atoms with Crippen molar-refractivity contribution in [3.8, 4) is 22.9 Å². The Balaban J connectivity index is 1.65. The molecule has 0 saturated carbocycles. The van der Waals surface area contributed by atoms with Crippen LogP contribution in [0, 0.1) is 0 Å². The molecule has 0 radical (unpaired) electrons. The summed E-state index contributed by atoms with van der Waals surface area (Å²) in [6.07, 6.45) is 1.48. The second-order valence-electron chi connectivity index (χ2n) is 6.79. The number of H-pyrrole nitrogens is 1. The molecule has 7 nitrogen and oxygen atoms in total. The number of aromatic nitrogens is 4. The number of para-hydroxylation sites is 1. The van der Waals surface area contributed by atoms with Crippen LogP contribution in [0.1, 0.15) is 10.4 Å². The highest BCUT2D eigenvalue weighted by Crippen LogP contribution is 2.36. The van der Waals surface area contributed by atoms with Crippen molar-refractivity contribution < 1.29 is 14.6 Å². The van der Waals surface area contributed by atoms with Crippen LogP contribution in [0.2, 0.25) is 5.02 Å². The second-order valence-corrected chi connectivity index (χ2v) is 7.22. The number of fused-ring (bicyclic) bond motifs is 2. The smallest absolute Gasteiger partial charge is 0.337 e. The monoisotopic (exact) mass is 418 g/mol. The molecule has 2 aromatic carbocycles. The number of rotatable bonds is 4. The van der Waals surface area contributed by atoms with Gasteiger partial charge in [0.1, 0.15) is 17.0 Å². The van der Waals surface area contributed by atoms with Crippen molar-refractivity contribution in [2.75, 3.05) is 0 Å². The largest absolute Gasteiger partial charge is 0.478 e. The van der Waals surface area contributed by atoms with Crippen LogP contribution in [0.3, 0.4) is 0 Å². The van der Waals surface area contributed by atoms with Crippen LogP contribution >= 0.6 is 11.6 Å². The first-order chi connectivity index (χ1) is 14.5. The van der Waals surface area contributed by atoms with Crippen LogP contribution < -0.4 is 4.74 Å². The standard InChI is InChI=1S/C22H15ClN4O3/c1-27-21-14(3-2-4-18(21)30-13-7-5-12(23)6-8-13)20(26-27)17-11-16-19(25-17)15(22(28)29)9-10-24-16/h2-11,25H,1H3,(H,28,29). The highest BCUT2D eigenvalue weighted by atomic mass is 35.5. The van der Waals surface area contributed by atoms with E-state index in [2.05, 4.69) is 15.1 Å². The number of carbonyl (C=O) groups is 1. The molecular weight excluding hydrogens is 404 g/mol. The number of pyridine rings is 1. The number of aryl methyl sites for hydroxylation is 1. The van der Waals surface area contributed by atoms with Gasteiger partial charge in [-0.25, -0.2) is 4.79 Å². The van der Waals surface area contributed by atoms with Gasteiger partial charge in [-0.2, -0.15) is 5.10 Å². The number of ether oxygens (including phenoxy) is 1. The minimum Gasteiger partial charge on any atom is -0.478 e. The zero-order valence-electron chi connectivity index (χ0n) is 15.8. The number of aromatic carboxylic acids is 1. The van der Waals surface area contributed by atoms with Crippen molar-refractivity contribution in [3.05, 3.63) is 71.4 Å². The molecule has 2 N–H and O–H groups in total. The van der Waals surface area contributed by atoms with E-state index in [0.29, 0.717) is 38.9 Å². The zero-order chi connectivity index (χ0) is 20.8. The third-order valence-electron chi connectivity index (χ3n) is 4.88. The van der Waals surface area contributed by atoms with Gasteiger partial charge in [0.15, 0.2) is 5.75 Å². The normalized spacial score (nSPS) is 11.3. The molecule has 0 amide bonds. The van der Waals surface area contributed by atoms with E-state index in [-0.39, 0.29) is 5.56 Å². The number of halogens is 1. The Labute approximate surface area is 175 Å². The first-order valence-corrected chi connectivity index (χ1v) is 9.49. The van der Waals surface area contributed by atoms with Gasteiger partial charge in [-0.1, -0.05) is 23.7 Å². The number of carboxylic acid groups (broad SMARTS) is 1. The van der Waals surface area contributed by atoms with E-state index in [1.54, 1.807) is 35.0 Å². The fourth-order valence-corrected chi connectivity index (χ4v) is 3.67. The lowest BCUT2D eigenvalue weighted by Gasteiger charge is -2.08. The average molecular weight is 419 g/mol. The number of hydrogen-bond donors (Lipinski definition) is 2. The van der Waals surface area contributed by atoms with Gasteiger partial charge < -0.3 is 14.8 Å². The van der Waals surface area contributed by atoms with Gasteiger partial charge in [-0.3, -0.25) is 9.67 Å². The van der Waals surface area contributed by atoms with E-state index >= 15 is 0 Å². The fourth-order valence-electron chi connectivity index (χ4n) is 3.54. The predicted octanol–water partition coefficient (Wildman–Crippen LogP) is 5.26. The molecule has 0 bridgehead atoms. The van der Waals surface area contributed by atoms with Gasteiger partial charge in [0.05, 0.1) is 22.3 Å². The van der Waals surface area contributed by atoms with E-state index in [4.69, 9.17) is 16.3 Å². The quantitative estimate of drug-likeness (QED) is 0.415. The number of nitrogens with one attached hydrogen (secondary N) is 1. The molecule has 8 heteroatoms. The van der Waals surface area contributed by atoms with Crippen LogP contribution in [0.15, 0.2) is 60.8 Å². The van der Waals surface area contributed by atoms with Crippen molar-refractivity contribution in [3.63, 3.8) is 0 Å². The molecule has 0 aliphatic rings. The van der Waals surface area contributed by atoms with Gasteiger partial charge in [-0.15, -0.1) is 0 Å². The average Bonchev–Trinajstić information content (AvgIpc) is 3.31. The molecule has 0 aliphatic heterocycles. The molecule has 5 aromatic rings. The van der Waals surface area contributed by atoms with E-state index in [0.717, 1.165) is 10.9 Å². The predicted molar refractivity (Wildman–Crippen MR) is 114 cm³/mol. The highest BCUT2D eigenvalue weighted by molar-refractivity contribution is 6.30. The van der Waals surface area contributed by atoms with E-state index in [9.17, 15) is 9.90 Å². The van der Waals surface area contributed by atoms with Gasteiger partial charge in [-0.05, 0) is 42.5 Å².